The molecule has 0 bridgehead atoms. The van der Waals surface area contributed by atoms with Crippen molar-refractivity contribution < 1.29 is 9.31 Å². The van der Waals surface area contributed by atoms with Crippen molar-refractivity contribution in [2.75, 3.05) is 5.73 Å². The monoisotopic (exact) mass is 268 g/mol. The van der Waals surface area contributed by atoms with Crippen molar-refractivity contribution in [3.63, 3.8) is 0 Å². The lowest BCUT2D eigenvalue weighted by atomic mass is 9.76. The third kappa shape index (κ3) is 2.00. The second-order valence-corrected chi connectivity index (χ2v) is 6.03. The first-order chi connectivity index (χ1) is 8.16. The average Bonchev–Trinajstić information content (AvgIpc) is 2.43. The van der Waals surface area contributed by atoms with Gasteiger partial charge < -0.3 is 15.0 Å². The summed E-state index contributed by atoms with van der Waals surface area (Å²) in [6.07, 6.45) is 1.54. The Labute approximate surface area is 113 Å². The smallest absolute Gasteiger partial charge is 0.399 e. The zero-order valence-electron chi connectivity index (χ0n) is 11.4. The van der Waals surface area contributed by atoms with Gasteiger partial charge in [-0.05, 0) is 40.2 Å². The lowest BCUT2D eigenvalue weighted by molar-refractivity contribution is 0.00578. The SMILES string of the molecule is Cc1c(Cl)cnc(N)c1B1OC(C)(C)C(C)(C)O1. The van der Waals surface area contributed by atoms with Crippen LogP contribution in [0.3, 0.4) is 0 Å². The van der Waals surface area contributed by atoms with Crippen molar-refractivity contribution >= 4 is 30.0 Å². The first kappa shape index (κ1) is 13.7. The van der Waals surface area contributed by atoms with Crippen LogP contribution in [0.2, 0.25) is 5.02 Å². The zero-order chi connectivity index (χ0) is 13.7. The van der Waals surface area contributed by atoms with Crippen molar-refractivity contribution in [3.8, 4) is 0 Å². The molecule has 2 N–H and O–H groups in total. The molecule has 18 heavy (non-hydrogen) atoms. The van der Waals surface area contributed by atoms with E-state index in [9.17, 15) is 0 Å². The number of hydrogen-bond acceptors (Lipinski definition) is 4. The highest BCUT2D eigenvalue weighted by Gasteiger charge is 2.52. The lowest BCUT2D eigenvalue weighted by Gasteiger charge is -2.32. The average molecular weight is 269 g/mol. The number of aromatic nitrogens is 1. The van der Waals surface area contributed by atoms with Gasteiger partial charge in [0.25, 0.3) is 0 Å². The highest BCUT2D eigenvalue weighted by atomic mass is 35.5. The van der Waals surface area contributed by atoms with Gasteiger partial charge in [0.2, 0.25) is 0 Å². The van der Waals surface area contributed by atoms with E-state index in [1.807, 2.05) is 34.6 Å². The summed E-state index contributed by atoms with van der Waals surface area (Å²) in [4.78, 5) is 4.07. The summed E-state index contributed by atoms with van der Waals surface area (Å²) in [5, 5.41) is 0.564. The Balaban J connectivity index is 2.44. The Morgan fingerprint density at radius 3 is 2.22 bits per heavy atom. The molecule has 0 amide bonds. The van der Waals surface area contributed by atoms with Crippen LogP contribution in [-0.2, 0) is 9.31 Å². The molecule has 1 aliphatic rings. The summed E-state index contributed by atoms with van der Waals surface area (Å²) in [5.74, 6) is 0.399. The van der Waals surface area contributed by atoms with Gasteiger partial charge in [-0.15, -0.1) is 0 Å². The summed E-state index contributed by atoms with van der Waals surface area (Å²) in [6.45, 7) is 9.88. The minimum absolute atomic E-state index is 0.399. The fourth-order valence-corrected chi connectivity index (χ4v) is 2.02. The molecular formula is C12H18BClN2O2. The van der Waals surface area contributed by atoms with Gasteiger partial charge in [-0.25, -0.2) is 4.98 Å². The van der Waals surface area contributed by atoms with Gasteiger partial charge in [0.1, 0.15) is 5.82 Å². The molecule has 6 heteroatoms. The van der Waals surface area contributed by atoms with E-state index in [0.29, 0.717) is 10.8 Å². The molecule has 0 radical (unpaired) electrons. The van der Waals surface area contributed by atoms with Crippen molar-refractivity contribution in [2.24, 2.45) is 0 Å². The van der Waals surface area contributed by atoms with Crippen molar-refractivity contribution in [1.29, 1.82) is 0 Å². The normalized spacial score (nSPS) is 21.3. The van der Waals surface area contributed by atoms with E-state index >= 15 is 0 Å². The Morgan fingerprint density at radius 2 is 1.72 bits per heavy atom. The number of hydrogen-bond donors (Lipinski definition) is 1. The molecule has 1 saturated heterocycles. The zero-order valence-corrected chi connectivity index (χ0v) is 12.1. The van der Waals surface area contributed by atoms with Gasteiger partial charge in [0, 0.05) is 11.7 Å². The van der Waals surface area contributed by atoms with Crippen molar-refractivity contribution in [2.45, 2.75) is 45.8 Å². The molecule has 2 rings (SSSR count). The molecule has 1 aromatic heterocycles. The van der Waals surface area contributed by atoms with E-state index < -0.39 is 18.3 Å². The van der Waals surface area contributed by atoms with E-state index in [4.69, 9.17) is 26.6 Å². The van der Waals surface area contributed by atoms with E-state index in [1.54, 1.807) is 6.20 Å². The molecule has 0 saturated carbocycles. The third-order valence-electron chi connectivity index (χ3n) is 3.84. The minimum Gasteiger partial charge on any atom is -0.399 e. The second kappa shape index (κ2) is 4.12. The summed E-state index contributed by atoms with van der Waals surface area (Å²) < 4.78 is 11.9. The fraction of sp³-hybridized carbons (Fsp3) is 0.583. The minimum atomic E-state index is -0.527. The topological polar surface area (TPSA) is 57.4 Å². The molecule has 0 unspecified atom stereocenters. The van der Waals surface area contributed by atoms with E-state index in [1.165, 1.54) is 0 Å². The van der Waals surface area contributed by atoms with Crippen molar-refractivity contribution in [1.82, 2.24) is 4.98 Å². The fourth-order valence-electron chi connectivity index (χ4n) is 1.87. The van der Waals surface area contributed by atoms with Crippen LogP contribution < -0.4 is 11.2 Å². The molecule has 0 atom stereocenters. The molecular weight excluding hydrogens is 250 g/mol. The maximum absolute atomic E-state index is 6.08. The van der Waals surface area contributed by atoms with Crippen molar-refractivity contribution in [3.05, 3.63) is 16.8 Å². The van der Waals surface area contributed by atoms with Gasteiger partial charge >= 0.3 is 7.12 Å². The van der Waals surface area contributed by atoms with Crippen LogP contribution in [0.25, 0.3) is 0 Å². The highest BCUT2D eigenvalue weighted by molar-refractivity contribution is 6.64. The summed E-state index contributed by atoms with van der Waals surface area (Å²) in [5.41, 5.74) is 6.68. The Bertz CT molecular complexity index is 475. The van der Waals surface area contributed by atoms with Crippen LogP contribution in [0.1, 0.15) is 33.3 Å². The molecule has 2 heterocycles. The Morgan fingerprint density at radius 1 is 1.22 bits per heavy atom. The molecule has 4 nitrogen and oxygen atoms in total. The van der Waals surface area contributed by atoms with Gasteiger partial charge in [0.05, 0.1) is 16.2 Å². The van der Waals surface area contributed by atoms with E-state index in [-0.39, 0.29) is 0 Å². The molecule has 0 spiro atoms. The van der Waals surface area contributed by atoms with Crippen LogP contribution in [0.5, 0.6) is 0 Å². The standard InChI is InChI=1S/C12H18BClN2O2/c1-7-8(14)6-16-10(15)9(7)13-17-11(2,3)12(4,5)18-13/h6H,1-5H3,(H2,15,16). The number of nitrogens with two attached hydrogens (primary N) is 1. The number of rotatable bonds is 1. The van der Waals surface area contributed by atoms with Gasteiger partial charge in [0.15, 0.2) is 0 Å². The lowest BCUT2D eigenvalue weighted by Crippen LogP contribution is -2.41. The van der Waals surface area contributed by atoms with Crippen LogP contribution >= 0.6 is 11.6 Å². The quantitative estimate of drug-likeness (QED) is 0.791. The predicted molar refractivity (Wildman–Crippen MR) is 74.1 cm³/mol. The second-order valence-electron chi connectivity index (χ2n) is 5.62. The Hall–Kier alpha value is -0.775. The maximum Gasteiger partial charge on any atom is 0.498 e. The first-order valence-electron chi connectivity index (χ1n) is 5.92. The molecule has 1 fully saturated rings. The number of nitrogens with zero attached hydrogens (tertiary/aromatic N) is 1. The van der Waals surface area contributed by atoms with Gasteiger partial charge in [-0.2, -0.15) is 0 Å². The summed E-state index contributed by atoms with van der Waals surface area (Å²) in [6, 6.07) is 0. The number of pyridine rings is 1. The largest absolute Gasteiger partial charge is 0.498 e. The molecule has 0 aromatic carbocycles. The van der Waals surface area contributed by atoms with Crippen LogP contribution in [0.15, 0.2) is 6.20 Å². The molecule has 1 aliphatic heterocycles. The highest BCUT2D eigenvalue weighted by Crippen LogP contribution is 2.37. The number of anilines is 1. The summed E-state index contributed by atoms with van der Waals surface area (Å²) >= 11 is 6.08. The molecule has 98 valence electrons. The molecule has 0 aliphatic carbocycles. The predicted octanol–water partition coefficient (Wildman–Crippen LogP) is 1.92. The summed E-state index contributed by atoms with van der Waals surface area (Å²) in [7, 11) is -0.527. The van der Waals surface area contributed by atoms with Crippen LogP contribution in [0, 0.1) is 6.92 Å². The molecule has 1 aromatic rings. The van der Waals surface area contributed by atoms with Crippen LogP contribution in [-0.4, -0.2) is 23.3 Å². The third-order valence-corrected chi connectivity index (χ3v) is 4.23. The number of halogens is 1. The van der Waals surface area contributed by atoms with Gasteiger partial charge in [-0.1, -0.05) is 11.6 Å². The Kier molecular flexibility index (Phi) is 3.12. The van der Waals surface area contributed by atoms with Crippen LogP contribution in [0.4, 0.5) is 5.82 Å². The maximum atomic E-state index is 6.08. The van der Waals surface area contributed by atoms with E-state index in [2.05, 4.69) is 4.98 Å². The first-order valence-corrected chi connectivity index (χ1v) is 6.29. The van der Waals surface area contributed by atoms with Gasteiger partial charge in [-0.3, -0.25) is 0 Å². The number of nitrogen functional groups attached to an aromatic ring is 1. The van der Waals surface area contributed by atoms with E-state index in [0.717, 1.165) is 11.0 Å².